The molecule has 21 heavy (non-hydrogen) atoms. The van der Waals surface area contributed by atoms with Gasteiger partial charge in [-0.25, -0.2) is 8.78 Å². The highest BCUT2D eigenvalue weighted by atomic mass is 79.9. The second kappa shape index (κ2) is 5.48. The number of aliphatic hydroxyl groups excluding tert-OH is 1. The average Bonchev–Trinajstić information content (AvgIpc) is 2.88. The summed E-state index contributed by atoms with van der Waals surface area (Å²) in [7, 11) is 0. The minimum Gasteiger partial charge on any atom is -0.383 e. The summed E-state index contributed by atoms with van der Waals surface area (Å²) in [6, 6.07) is 8.10. The predicted octanol–water partition coefficient (Wildman–Crippen LogP) is 5.33. The second-order valence-electron chi connectivity index (χ2n) is 4.80. The Hall–Kier alpha value is -1.30. The van der Waals surface area contributed by atoms with Gasteiger partial charge in [0, 0.05) is 14.7 Å². The molecule has 1 N–H and O–H groups in total. The van der Waals surface area contributed by atoms with Crippen molar-refractivity contribution < 1.29 is 13.9 Å². The van der Waals surface area contributed by atoms with E-state index in [1.54, 1.807) is 12.3 Å². The Balaban J connectivity index is 2.20. The zero-order valence-electron chi connectivity index (χ0n) is 11.0. The summed E-state index contributed by atoms with van der Waals surface area (Å²) < 4.78 is 30.0. The SMILES string of the molecule is Cc1ccc(F)c(C(O)c2csc3c(Br)cccc23)c1F. The molecule has 0 saturated heterocycles. The normalized spacial score (nSPS) is 12.8. The monoisotopic (exact) mass is 368 g/mol. The summed E-state index contributed by atoms with van der Waals surface area (Å²) in [5.41, 5.74) is 0.528. The molecule has 108 valence electrons. The summed E-state index contributed by atoms with van der Waals surface area (Å²) >= 11 is 4.86. The number of aliphatic hydroxyl groups is 1. The van der Waals surface area contributed by atoms with E-state index in [4.69, 9.17) is 0 Å². The van der Waals surface area contributed by atoms with E-state index in [1.807, 2.05) is 18.2 Å². The lowest BCUT2D eigenvalue weighted by Crippen LogP contribution is -2.06. The van der Waals surface area contributed by atoms with Crippen LogP contribution in [0.2, 0.25) is 0 Å². The molecule has 1 heterocycles. The van der Waals surface area contributed by atoms with Gasteiger partial charge in [0.05, 0.1) is 5.56 Å². The molecular weight excluding hydrogens is 358 g/mol. The molecule has 1 aromatic heterocycles. The van der Waals surface area contributed by atoms with Crippen LogP contribution in [0.25, 0.3) is 10.1 Å². The molecule has 3 rings (SSSR count). The van der Waals surface area contributed by atoms with Crippen molar-refractivity contribution in [2.45, 2.75) is 13.0 Å². The molecule has 0 spiro atoms. The molecular formula is C16H11BrF2OS. The first-order chi connectivity index (χ1) is 10.0. The Morgan fingerprint density at radius 2 is 1.95 bits per heavy atom. The van der Waals surface area contributed by atoms with Crippen LogP contribution >= 0.6 is 27.3 Å². The lowest BCUT2D eigenvalue weighted by Gasteiger charge is -2.14. The zero-order valence-corrected chi connectivity index (χ0v) is 13.4. The van der Waals surface area contributed by atoms with Crippen LogP contribution in [0.3, 0.4) is 0 Å². The average molecular weight is 369 g/mol. The molecule has 0 aliphatic heterocycles. The van der Waals surface area contributed by atoms with Gasteiger partial charge >= 0.3 is 0 Å². The van der Waals surface area contributed by atoms with Gasteiger partial charge in [0.25, 0.3) is 0 Å². The fourth-order valence-electron chi connectivity index (χ4n) is 2.34. The Morgan fingerprint density at radius 3 is 2.71 bits per heavy atom. The Kier molecular flexibility index (Phi) is 3.82. The van der Waals surface area contributed by atoms with Crippen molar-refractivity contribution in [3.63, 3.8) is 0 Å². The van der Waals surface area contributed by atoms with E-state index in [-0.39, 0.29) is 5.56 Å². The summed E-state index contributed by atoms with van der Waals surface area (Å²) in [4.78, 5) is 0. The molecule has 0 saturated carbocycles. The van der Waals surface area contributed by atoms with Crippen LogP contribution in [0, 0.1) is 18.6 Å². The van der Waals surface area contributed by atoms with Crippen LogP contribution in [0.1, 0.15) is 22.8 Å². The molecule has 0 fully saturated rings. The van der Waals surface area contributed by atoms with Crippen LogP contribution in [0.15, 0.2) is 40.2 Å². The Bertz CT molecular complexity index is 829. The van der Waals surface area contributed by atoms with Gasteiger partial charge in [0.2, 0.25) is 0 Å². The van der Waals surface area contributed by atoms with Gasteiger partial charge in [0.15, 0.2) is 0 Å². The standard InChI is InChI=1S/C16H11BrF2OS/c1-8-5-6-12(18)13(14(8)19)15(20)10-7-21-16-9(10)3-2-4-11(16)17/h2-7,15,20H,1H3. The lowest BCUT2D eigenvalue weighted by atomic mass is 9.98. The molecule has 0 bridgehead atoms. The molecule has 1 nitrogen and oxygen atoms in total. The highest BCUT2D eigenvalue weighted by Crippen LogP contribution is 2.38. The zero-order chi connectivity index (χ0) is 15.1. The van der Waals surface area contributed by atoms with E-state index in [1.165, 1.54) is 23.5 Å². The molecule has 0 aliphatic rings. The number of hydrogen-bond donors (Lipinski definition) is 1. The van der Waals surface area contributed by atoms with Gasteiger partial charge in [0.1, 0.15) is 17.7 Å². The first kappa shape index (κ1) is 14.6. The number of thiophene rings is 1. The fourth-order valence-corrected chi connectivity index (χ4v) is 3.98. The molecule has 0 aliphatic carbocycles. The molecule has 1 atom stereocenters. The number of aryl methyl sites for hydroxylation is 1. The van der Waals surface area contributed by atoms with Crippen molar-refractivity contribution in [3.8, 4) is 0 Å². The number of halogens is 3. The van der Waals surface area contributed by atoms with E-state index in [9.17, 15) is 13.9 Å². The van der Waals surface area contributed by atoms with Crippen LogP contribution in [0.4, 0.5) is 8.78 Å². The van der Waals surface area contributed by atoms with E-state index < -0.39 is 17.7 Å². The van der Waals surface area contributed by atoms with Gasteiger partial charge in [-0.15, -0.1) is 11.3 Å². The molecule has 0 amide bonds. The largest absolute Gasteiger partial charge is 0.383 e. The summed E-state index contributed by atoms with van der Waals surface area (Å²) in [6.07, 6.45) is -1.33. The van der Waals surface area contributed by atoms with Gasteiger partial charge < -0.3 is 5.11 Å². The van der Waals surface area contributed by atoms with Gasteiger partial charge in [-0.1, -0.05) is 18.2 Å². The van der Waals surface area contributed by atoms with E-state index in [0.717, 1.165) is 14.6 Å². The van der Waals surface area contributed by atoms with Crippen molar-refractivity contribution in [1.29, 1.82) is 0 Å². The first-order valence-corrected chi connectivity index (χ1v) is 7.96. The highest BCUT2D eigenvalue weighted by Gasteiger charge is 2.23. The number of rotatable bonds is 2. The summed E-state index contributed by atoms with van der Waals surface area (Å²) in [6.45, 7) is 1.55. The summed E-state index contributed by atoms with van der Waals surface area (Å²) in [5.74, 6) is -1.43. The van der Waals surface area contributed by atoms with Crippen molar-refractivity contribution in [3.05, 3.63) is 68.5 Å². The minimum atomic E-state index is -1.33. The quantitative estimate of drug-likeness (QED) is 0.647. The maximum atomic E-state index is 14.2. The van der Waals surface area contributed by atoms with Crippen LogP contribution in [-0.2, 0) is 0 Å². The Labute approximate surface area is 133 Å². The molecule has 2 aromatic carbocycles. The molecule has 3 aromatic rings. The number of fused-ring (bicyclic) bond motifs is 1. The number of hydrogen-bond acceptors (Lipinski definition) is 2. The van der Waals surface area contributed by atoms with Crippen LogP contribution in [0.5, 0.6) is 0 Å². The molecule has 0 radical (unpaired) electrons. The molecule has 5 heteroatoms. The van der Waals surface area contributed by atoms with Gasteiger partial charge in [-0.05, 0) is 51.3 Å². The van der Waals surface area contributed by atoms with E-state index in [0.29, 0.717) is 11.1 Å². The highest BCUT2D eigenvalue weighted by molar-refractivity contribution is 9.10. The third kappa shape index (κ3) is 2.39. The first-order valence-electron chi connectivity index (χ1n) is 6.29. The summed E-state index contributed by atoms with van der Waals surface area (Å²) in [5, 5.41) is 13.0. The second-order valence-corrected chi connectivity index (χ2v) is 6.54. The molecule has 1 unspecified atom stereocenters. The number of benzene rings is 2. The lowest BCUT2D eigenvalue weighted by molar-refractivity contribution is 0.210. The van der Waals surface area contributed by atoms with Crippen molar-refractivity contribution in [2.24, 2.45) is 0 Å². The predicted molar refractivity (Wildman–Crippen MR) is 84.7 cm³/mol. The van der Waals surface area contributed by atoms with Crippen molar-refractivity contribution in [2.75, 3.05) is 0 Å². The smallest absolute Gasteiger partial charge is 0.135 e. The maximum absolute atomic E-state index is 14.2. The van der Waals surface area contributed by atoms with E-state index in [2.05, 4.69) is 15.9 Å². The fraction of sp³-hybridized carbons (Fsp3) is 0.125. The third-order valence-corrected chi connectivity index (χ3v) is 5.44. The third-order valence-electron chi connectivity index (χ3n) is 3.47. The Morgan fingerprint density at radius 1 is 1.19 bits per heavy atom. The van der Waals surface area contributed by atoms with Crippen molar-refractivity contribution in [1.82, 2.24) is 0 Å². The minimum absolute atomic E-state index is 0.297. The van der Waals surface area contributed by atoms with Crippen LogP contribution in [-0.4, -0.2) is 5.11 Å². The van der Waals surface area contributed by atoms with Crippen molar-refractivity contribution >= 4 is 37.4 Å². The van der Waals surface area contributed by atoms with Crippen LogP contribution < -0.4 is 0 Å². The van der Waals surface area contributed by atoms with Gasteiger partial charge in [-0.3, -0.25) is 0 Å². The topological polar surface area (TPSA) is 20.2 Å². The van der Waals surface area contributed by atoms with Gasteiger partial charge in [-0.2, -0.15) is 0 Å². The maximum Gasteiger partial charge on any atom is 0.135 e. The van der Waals surface area contributed by atoms with E-state index >= 15 is 0 Å².